The molecule has 1 atom stereocenters. The van der Waals surface area contributed by atoms with E-state index in [1.165, 1.54) is 0 Å². The van der Waals surface area contributed by atoms with Crippen molar-refractivity contribution in [2.45, 2.75) is 24.8 Å². The van der Waals surface area contributed by atoms with Crippen LogP contribution in [0.15, 0.2) is 27.6 Å². The predicted molar refractivity (Wildman–Crippen MR) is 79.4 cm³/mol. The highest BCUT2D eigenvalue weighted by Gasteiger charge is 2.21. The van der Waals surface area contributed by atoms with Crippen LogP contribution in [0.5, 0.6) is 0 Å². The Morgan fingerprint density at radius 3 is 2.78 bits per heavy atom. The lowest BCUT2D eigenvalue weighted by Gasteiger charge is -2.28. The zero-order chi connectivity index (χ0) is 13.7. The zero-order valence-electron chi connectivity index (χ0n) is 10.8. The van der Waals surface area contributed by atoms with Gasteiger partial charge < -0.3 is 9.64 Å². The minimum atomic E-state index is -0.00942. The van der Waals surface area contributed by atoms with E-state index in [1.54, 1.807) is 18.1 Å². The van der Waals surface area contributed by atoms with Crippen LogP contribution in [-0.2, 0) is 4.74 Å². The number of hydrogen-bond donors (Lipinski definition) is 1. The molecule has 1 unspecified atom stereocenters. The molecule has 0 saturated heterocycles. The molecule has 5 heteroatoms. The van der Waals surface area contributed by atoms with Crippen LogP contribution in [-0.4, -0.2) is 37.1 Å². The van der Waals surface area contributed by atoms with Crippen molar-refractivity contribution >= 4 is 34.5 Å². The summed E-state index contributed by atoms with van der Waals surface area (Å²) >= 11 is 7.67. The number of benzene rings is 1. The number of thiol groups is 1. The molecule has 0 saturated carbocycles. The van der Waals surface area contributed by atoms with Gasteiger partial charge in [0.15, 0.2) is 0 Å². The van der Waals surface area contributed by atoms with Crippen LogP contribution < -0.4 is 0 Å². The number of rotatable bonds is 5. The van der Waals surface area contributed by atoms with E-state index < -0.39 is 0 Å². The van der Waals surface area contributed by atoms with Crippen molar-refractivity contribution < 1.29 is 9.53 Å². The molecule has 0 aromatic heterocycles. The largest absolute Gasteiger partial charge is 0.383 e. The number of ether oxygens (including phenoxy) is 1. The summed E-state index contributed by atoms with van der Waals surface area (Å²) in [6, 6.07) is 5.50. The average molecular weight is 332 g/mol. The average Bonchev–Trinajstić information content (AvgIpc) is 2.33. The lowest BCUT2D eigenvalue weighted by molar-refractivity contribution is 0.0578. The maximum Gasteiger partial charge on any atom is 0.255 e. The van der Waals surface area contributed by atoms with E-state index in [1.807, 2.05) is 26.0 Å². The highest BCUT2D eigenvalue weighted by atomic mass is 79.9. The Balaban J connectivity index is 2.99. The van der Waals surface area contributed by atoms with E-state index >= 15 is 0 Å². The van der Waals surface area contributed by atoms with E-state index in [4.69, 9.17) is 4.74 Å². The van der Waals surface area contributed by atoms with Crippen LogP contribution in [0.4, 0.5) is 0 Å². The van der Waals surface area contributed by atoms with Gasteiger partial charge in [0.1, 0.15) is 0 Å². The third-order valence-corrected chi connectivity index (χ3v) is 3.69. The highest BCUT2D eigenvalue weighted by Crippen LogP contribution is 2.22. The van der Waals surface area contributed by atoms with Crippen LogP contribution in [0.25, 0.3) is 0 Å². The quantitative estimate of drug-likeness (QED) is 0.839. The van der Waals surface area contributed by atoms with Gasteiger partial charge in [-0.05, 0) is 48.0 Å². The summed E-state index contributed by atoms with van der Waals surface area (Å²) < 4.78 is 5.89. The first kappa shape index (κ1) is 15.5. The van der Waals surface area contributed by atoms with E-state index in [9.17, 15) is 4.79 Å². The smallest absolute Gasteiger partial charge is 0.255 e. The number of amides is 1. The van der Waals surface area contributed by atoms with Gasteiger partial charge >= 0.3 is 0 Å². The van der Waals surface area contributed by atoms with Gasteiger partial charge in [0.05, 0.1) is 18.2 Å². The molecule has 0 spiro atoms. The molecule has 0 aliphatic heterocycles. The first-order chi connectivity index (χ1) is 8.51. The van der Waals surface area contributed by atoms with Gasteiger partial charge in [-0.25, -0.2) is 0 Å². The SMILES string of the molecule is CCN(C(=O)c1cc(S)ccc1Br)C(C)COC. The van der Waals surface area contributed by atoms with E-state index in [0.29, 0.717) is 18.7 Å². The number of carbonyl (C=O) groups is 1. The van der Waals surface area contributed by atoms with Gasteiger partial charge in [0.2, 0.25) is 0 Å². The molecule has 0 N–H and O–H groups in total. The summed E-state index contributed by atoms with van der Waals surface area (Å²) in [6.45, 7) is 5.11. The molecule has 3 nitrogen and oxygen atoms in total. The molecule has 18 heavy (non-hydrogen) atoms. The fourth-order valence-corrected chi connectivity index (χ4v) is 2.44. The summed E-state index contributed by atoms with van der Waals surface area (Å²) in [7, 11) is 1.64. The predicted octanol–water partition coefficient (Wildman–Crippen LogP) is 3.23. The zero-order valence-corrected chi connectivity index (χ0v) is 13.3. The van der Waals surface area contributed by atoms with Gasteiger partial charge in [-0.2, -0.15) is 0 Å². The number of carbonyl (C=O) groups excluding carboxylic acids is 1. The summed E-state index contributed by atoms with van der Waals surface area (Å²) in [4.78, 5) is 15.0. The first-order valence-corrected chi connectivity index (χ1v) is 7.03. The van der Waals surface area contributed by atoms with E-state index in [0.717, 1.165) is 9.37 Å². The molecule has 0 fully saturated rings. The second-order valence-corrected chi connectivity index (χ2v) is 5.43. The summed E-state index contributed by atoms with van der Waals surface area (Å²) in [5.74, 6) is -0.00942. The molecule has 1 amide bonds. The third-order valence-electron chi connectivity index (χ3n) is 2.72. The first-order valence-electron chi connectivity index (χ1n) is 5.79. The van der Waals surface area contributed by atoms with Crippen LogP contribution in [0.3, 0.4) is 0 Å². The summed E-state index contributed by atoms with van der Waals surface area (Å²) in [6.07, 6.45) is 0. The molecule has 0 heterocycles. The van der Waals surface area contributed by atoms with Gasteiger partial charge in [-0.3, -0.25) is 4.79 Å². The van der Waals surface area contributed by atoms with Crippen molar-refractivity contribution in [3.63, 3.8) is 0 Å². The molecule has 1 aromatic rings. The number of methoxy groups -OCH3 is 1. The fraction of sp³-hybridized carbons (Fsp3) is 0.462. The Labute approximate surface area is 122 Å². The Hall–Kier alpha value is -0.520. The van der Waals surface area contributed by atoms with Gasteiger partial charge in [0.25, 0.3) is 5.91 Å². The lowest BCUT2D eigenvalue weighted by atomic mass is 10.1. The van der Waals surface area contributed by atoms with Crippen molar-refractivity contribution in [2.75, 3.05) is 20.3 Å². The molecular weight excluding hydrogens is 314 g/mol. The molecule has 0 aliphatic carbocycles. The maximum absolute atomic E-state index is 12.5. The van der Waals surface area contributed by atoms with Crippen molar-refractivity contribution in [1.29, 1.82) is 0 Å². The molecule has 0 bridgehead atoms. The molecule has 1 aromatic carbocycles. The second kappa shape index (κ2) is 7.16. The van der Waals surface area contributed by atoms with Gasteiger partial charge in [-0.1, -0.05) is 0 Å². The Kier molecular flexibility index (Phi) is 6.18. The molecular formula is C13H18BrNO2S. The summed E-state index contributed by atoms with van der Waals surface area (Å²) in [5, 5.41) is 0. The van der Waals surface area contributed by atoms with E-state index in [-0.39, 0.29) is 11.9 Å². The van der Waals surface area contributed by atoms with Crippen LogP contribution in [0.2, 0.25) is 0 Å². The van der Waals surface area contributed by atoms with Crippen LogP contribution in [0, 0.1) is 0 Å². The maximum atomic E-state index is 12.5. The number of hydrogen-bond acceptors (Lipinski definition) is 3. The minimum Gasteiger partial charge on any atom is -0.383 e. The Morgan fingerprint density at radius 2 is 2.22 bits per heavy atom. The van der Waals surface area contributed by atoms with Crippen LogP contribution in [0.1, 0.15) is 24.2 Å². The highest BCUT2D eigenvalue weighted by molar-refractivity contribution is 9.10. The third kappa shape index (κ3) is 3.73. The van der Waals surface area contributed by atoms with E-state index in [2.05, 4.69) is 28.6 Å². The van der Waals surface area contributed by atoms with Crippen LogP contribution >= 0.6 is 28.6 Å². The number of likely N-dealkylation sites (N-methyl/N-ethyl adjacent to an activating group) is 1. The molecule has 0 aliphatic rings. The van der Waals surface area contributed by atoms with Gasteiger partial charge in [-0.15, -0.1) is 12.6 Å². The van der Waals surface area contributed by atoms with Crippen molar-refractivity contribution in [1.82, 2.24) is 4.90 Å². The summed E-state index contributed by atoms with van der Waals surface area (Å²) in [5.41, 5.74) is 0.632. The molecule has 100 valence electrons. The topological polar surface area (TPSA) is 29.5 Å². The standard InChI is InChI=1S/C13H18BrNO2S/c1-4-15(9(2)8-17-3)13(16)11-7-10(18)5-6-12(11)14/h5-7,9,18H,4,8H2,1-3H3. The number of nitrogens with zero attached hydrogens (tertiary/aromatic N) is 1. The van der Waals surface area contributed by atoms with Gasteiger partial charge in [0, 0.05) is 23.0 Å². The molecule has 0 radical (unpaired) electrons. The van der Waals surface area contributed by atoms with Crippen molar-refractivity contribution in [3.05, 3.63) is 28.2 Å². The normalized spacial score (nSPS) is 12.3. The monoisotopic (exact) mass is 331 g/mol. The Bertz CT molecular complexity index is 425. The number of halogens is 1. The second-order valence-electron chi connectivity index (χ2n) is 4.06. The lowest BCUT2D eigenvalue weighted by Crippen LogP contribution is -2.41. The minimum absolute atomic E-state index is 0.00942. The van der Waals surface area contributed by atoms with Crippen molar-refractivity contribution in [3.8, 4) is 0 Å². The fourth-order valence-electron chi connectivity index (χ4n) is 1.82. The van der Waals surface area contributed by atoms with Crippen molar-refractivity contribution in [2.24, 2.45) is 0 Å². The molecule has 1 rings (SSSR count). The Morgan fingerprint density at radius 1 is 1.56 bits per heavy atom.